The number of aryl methyl sites for hydroxylation is 1. The van der Waals surface area contributed by atoms with E-state index in [9.17, 15) is 4.79 Å². The van der Waals surface area contributed by atoms with E-state index in [-0.39, 0.29) is 6.10 Å². The van der Waals surface area contributed by atoms with E-state index in [1.807, 2.05) is 13.0 Å². The molecule has 4 heterocycles. The maximum absolute atomic E-state index is 12.6. The summed E-state index contributed by atoms with van der Waals surface area (Å²) in [7, 11) is 0. The topological polar surface area (TPSA) is 45.9 Å². The van der Waals surface area contributed by atoms with Crippen molar-refractivity contribution in [2.75, 3.05) is 32.8 Å². The minimum atomic E-state index is 0.132. The molecule has 0 N–H and O–H groups in total. The Morgan fingerprint density at radius 1 is 1.20 bits per heavy atom. The number of amides is 1. The van der Waals surface area contributed by atoms with Gasteiger partial charge in [-0.15, -0.1) is 0 Å². The predicted octanol–water partition coefficient (Wildman–Crippen LogP) is 2.83. The summed E-state index contributed by atoms with van der Waals surface area (Å²) in [4.78, 5) is 17.1. The molecular formula is C20H30N2O3. The van der Waals surface area contributed by atoms with Crippen molar-refractivity contribution >= 4 is 5.91 Å². The number of hydrogen-bond donors (Lipinski definition) is 0. The van der Waals surface area contributed by atoms with E-state index in [1.54, 1.807) is 0 Å². The van der Waals surface area contributed by atoms with Crippen LogP contribution in [0.2, 0.25) is 0 Å². The number of nitrogens with zero attached hydrogens (tertiary/aromatic N) is 2. The van der Waals surface area contributed by atoms with Gasteiger partial charge in [0.2, 0.25) is 5.91 Å². The molecule has 1 amide bonds. The zero-order chi connectivity index (χ0) is 17.2. The minimum Gasteiger partial charge on any atom is -0.465 e. The van der Waals surface area contributed by atoms with Gasteiger partial charge in [0.05, 0.1) is 25.7 Å². The SMILES string of the molecule is Cc1ccc(CN2CC[C@@H]3[C@@H](CO[C@H]3CC(=O)N3CCCCC3)C2)o1. The fraction of sp³-hybridized carbons (Fsp3) is 0.750. The third-order valence-corrected chi connectivity index (χ3v) is 6.14. The third-order valence-electron chi connectivity index (χ3n) is 6.14. The molecule has 3 atom stereocenters. The van der Waals surface area contributed by atoms with Crippen molar-refractivity contribution in [3.8, 4) is 0 Å². The van der Waals surface area contributed by atoms with Gasteiger partial charge in [-0.25, -0.2) is 0 Å². The lowest BCUT2D eigenvalue weighted by atomic mass is 9.83. The first kappa shape index (κ1) is 17.1. The highest BCUT2D eigenvalue weighted by Crippen LogP contribution is 2.36. The monoisotopic (exact) mass is 346 g/mol. The summed E-state index contributed by atoms with van der Waals surface area (Å²) in [6.07, 6.45) is 5.42. The summed E-state index contributed by atoms with van der Waals surface area (Å²) in [5.74, 6) is 3.43. The molecule has 5 heteroatoms. The van der Waals surface area contributed by atoms with Crippen molar-refractivity contribution < 1.29 is 13.9 Å². The molecule has 3 saturated heterocycles. The summed E-state index contributed by atoms with van der Waals surface area (Å²) >= 11 is 0. The molecule has 0 aromatic carbocycles. The van der Waals surface area contributed by atoms with Crippen LogP contribution in [0, 0.1) is 18.8 Å². The minimum absolute atomic E-state index is 0.132. The van der Waals surface area contributed by atoms with Gasteiger partial charge < -0.3 is 14.1 Å². The molecular weight excluding hydrogens is 316 g/mol. The van der Waals surface area contributed by atoms with Crippen LogP contribution in [0.1, 0.15) is 43.6 Å². The second-order valence-electron chi connectivity index (χ2n) is 7.98. The Kier molecular flexibility index (Phi) is 5.13. The fourth-order valence-electron chi connectivity index (χ4n) is 4.75. The van der Waals surface area contributed by atoms with Crippen LogP contribution in [0.4, 0.5) is 0 Å². The Labute approximate surface area is 150 Å². The molecule has 3 aliphatic rings. The molecule has 0 bridgehead atoms. The van der Waals surface area contributed by atoms with Crippen LogP contribution in [0.3, 0.4) is 0 Å². The highest BCUT2D eigenvalue weighted by Gasteiger charge is 2.42. The molecule has 4 rings (SSSR count). The van der Waals surface area contributed by atoms with Crippen molar-refractivity contribution in [1.82, 2.24) is 9.80 Å². The van der Waals surface area contributed by atoms with Gasteiger partial charge in [-0.1, -0.05) is 0 Å². The Bertz CT molecular complexity index is 594. The summed E-state index contributed by atoms with van der Waals surface area (Å²) in [6, 6.07) is 4.11. The standard InChI is InChI=1S/C20H30N2O3/c1-15-5-6-17(25-15)13-21-10-7-18-16(12-21)14-24-19(18)11-20(23)22-8-3-2-4-9-22/h5-6,16,18-19H,2-4,7-14H2,1H3/t16-,18-,19+/m1/s1. The third kappa shape index (κ3) is 3.93. The van der Waals surface area contributed by atoms with Gasteiger partial charge in [-0.05, 0) is 57.2 Å². The highest BCUT2D eigenvalue weighted by atomic mass is 16.5. The smallest absolute Gasteiger partial charge is 0.225 e. The average molecular weight is 346 g/mol. The van der Waals surface area contributed by atoms with Gasteiger partial charge in [-0.3, -0.25) is 9.69 Å². The first-order chi connectivity index (χ1) is 12.2. The molecule has 0 saturated carbocycles. The Hall–Kier alpha value is -1.33. The molecule has 3 aliphatic heterocycles. The van der Waals surface area contributed by atoms with Gasteiger partial charge in [0.1, 0.15) is 11.5 Å². The van der Waals surface area contributed by atoms with E-state index in [0.29, 0.717) is 24.2 Å². The maximum atomic E-state index is 12.6. The Morgan fingerprint density at radius 2 is 2.04 bits per heavy atom. The number of carbonyl (C=O) groups is 1. The molecule has 0 aliphatic carbocycles. The van der Waals surface area contributed by atoms with Crippen LogP contribution < -0.4 is 0 Å². The summed E-state index contributed by atoms with van der Waals surface area (Å²) in [6.45, 7) is 7.68. The summed E-state index contributed by atoms with van der Waals surface area (Å²) < 4.78 is 11.8. The first-order valence-electron chi connectivity index (χ1n) is 9.86. The van der Waals surface area contributed by atoms with Crippen LogP contribution in [0.15, 0.2) is 16.5 Å². The molecule has 138 valence electrons. The van der Waals surface area contributed by atoms with Crippen LogP contribution >= 0.6 is 0 Å². The van der Waals surface area contributed by atoms with E-state index in [0.717, 1.165) is 70.1 Å². The van der Waals surface area contributed by atoms with Gasteiger partial charge in [0.15, 0.2) is 0 Å². The van der Waals surface area contributed by atoms with Crippen molar-refractivity contribution in [3.05, 3.63) is 23.7 Å². The highest BCUT2D eigenvalue weighted by molar-refractivity contribution is 5.76. The summed E-state index contributed by atoms with van der Waals surface area (Å²) in [5, 5.41) is 0. The molecule has 0 radical (unpaired) electrons. The number of hydrogen-bond acceptors (Lipinski definition) is 4. The number of furan rings is 1. The van der Waals surface area contributed by atoms with E-state index >= 15 is 0 Å². The van der Waals surface area contributed by atoms with Crippen LogP contribution in [0.25, 0.3) is 0 Å². The quantitative estimate of drug-likeness (QED) is 0.841. The van der Waals surface area contributed by atoms with Gasteiger partial charge in [0, 0.05) is 25.6 Å². The zero-order valence-electron chi connectivity index (χ0n) is 15.3. The molecule has 5 nitrogen and oxygen atoms in total. The Balaban J connectivity index is 1.29. The molecule has 25 heavy (non-hydrogen) atoms. The maximum Gasteiger partial charge on any atom is 0.225 e. The van der Waals surface area contributed by atoms with Crippen LogP contribution in [-0.2, 0) is 16.1 Å². The molecule has 1 aromatic heterocycles. The molecule has 1 aromatic rings. The number of piperidine rings is 2. The number of fused-ring (bicyclic) bond motifs is 1. The predicted molar refractivity (Wildman–Crippen MR) is 95.1 cm³/mol. The fourth-order valence-corrected chi connectivity index (χ4v) is 4.75. The average Bonchev–Trinajstić information content (AvgIpc) is 3.22. The van der Waals surface area contributed by atoms with E-state index < -0.39 is 0 Å². The number of likely N-dealkylation sites (tertiary alicyclic amines) is 2. The van der Waals surface area contributed by atoms with Gasteiger partial charge in [-0.2, -0.15) is 0 Å². The van der Waals surface area contributed by atoms with Crippen molar-refractivity contribution in [2.24, 2.45) is 11.8 Å². The molecule has 0 spiro atoms. The largest absolute Gasteiger partial charge is 0.465 e. The second kappa shape index (κ2) is 7.50. The van der Waals surface area contributed by atoms with E-state index in [4.69, 9.17) is 9.15 Å². The van der Waals surface area contributed by atoms with Crippen LogP contribution in [0.5, 0.6) is 0 Å². The van der Waals surface area contributed by atoms with E-state index in [2.05, 4.69) is 15.9 Å². The second-order valence-corrected chi connectivity index (χ2v) is 7.98. The number of rotatable bonds is 4. The number of carbonyl (C=O) groups excluding carboxylic acids is 1. The number of ether oxygens (including phenoxy) is 1. The van der Waals surface area contributed by atoms with Crippen LogP contribution in [-0.4, -0.2) is 54.6 Å². The summed E-state index contributed by atoms with van der Waals surface area (Å²) in [5.41, 5.74) is 0. The molecule has 0 unspecified atom stereocenters. The lowest BCUT2D eigenvalue weighted by Gasteiger charge is -2.35. The van der Waals surface area contributed by atoms with Crippen molar-refractivity contribution in [1.29, 1.82) is 0 Å². The molecule has 3 fully saturated rings. The Morgan fingerprint density at radius 3 is 2.80 bits per heavy atom. The van der Waals surface area contributed by atoms with Gasteiger partial charge >= 0.3 is 0 Å². The van der Waals surface area contributed by atoms with Crippen molar-refractivity contribution in [2.45, 2.75) is 51.7 Å². The lowest BCUT2D eigenvalue weighted by molar-refractivity contribution is -0.134. The normalized spacial score (nSPS) is 30.4. The van der Waals surface area contributed by atoms with E-state index in [1.165, 1.54) is 6.42 Å². The lowest BCUT2D eigenvalue weighted by Crippen LogP contribution is -2.42. The van der Waals surface area contributed by atoms with Crippen molar-refractivity contribution in [3.63, 3.8) is 0 Å². The first-order valence-corrected chi connectivity index (χ1v) is 9.86. The zero-order valence-corrected chi connectivity index (χ0v) is 15.3. The van der Waals surface area contributed by atoms with Gasteiger partial charge in [0.25, 0.3) is 0 Å².